The molecule has 0 atom stereocenters. The third-order valence-electron chi connectivity index (χ3n) is 1.86. The number of carboxylic acids is 1. The lowest BCUT2D eigenvalue weighted by atomic mass is 10.00. The highest BCUT2D eigenvalue weighted by Gasteiger charge is 2.15. The fraction of sp³-hybridized carbons (Fsp3) is 0.333. The summed E-state index contributed by atoms with van der Waals surface area (Å²) in [6.45, 7) is 0. The van der Waals surface area contributed by atoms with Gasteiger partial charge in [-0.05, 0) is 12.8 Å². The van der Waals surface area contributed by atoms with Crippen molar-refractivity contribution in [2.45, 2.75) is 12.8 Å². The van der Waals surface area contributed by atoms with E-state index >= 15 is 0 Å². The molecule has 0 unspecified atom stereocenters. The van der Waals surface area contributed by atoms with E-state index in [2.05, 4.69) is 4.74 Å². The molecule has 0 saturated carbocycles. The first-order valence-corrected chi connectivity index (χ1v) is 3.85. The highest BCUT2D eigenvalue weighted by atomic mass is 16.5. The predicted octanol–water partition coefficient (Wildman–Crippen LogP) is 0.891. The van der Waals surface area contributed by atoms with E-state index in [4.69, 9.17) is 5.11 Å². The number of hydrogen-bond acceptors (Lipinski definition) is 3. The first-order valence-electron chi connectivity index (χ1n) is 3.85. The topological polar surface area (TPSA) is 63.6 Å². The smallest absolute Gasteiger partial charge is 0.333 e. The minimum Gasteiger partial charge on any atom is -0.478 e. The normalized spacial score (nSPS) is 15.8. The van der Waals surface area contributed by atoms with Crippen molar-refractivity contribution < 1.29 is 19.4 Å². The van der Waals surface area contributed by atoms with E-state index in [0.717, 1.165) is 0 Å². The fourth-order valence-corrected chi connectivity index (χ4v) is 1.11. The number of carboxylic acid groups (broad SMARTS) is 1. The second kappa shape index (κ2) is 3.89. The first-order chi connectivity index (χ1) is 6.15. The first kappa shape index (κ1) is 9.51. The number of rotatable bonds is 2. The van der Waals surface area contributed by atoms with Gasteiger partial charge in [0.05, 0.1) is 7.11 Å². The quantitative estimate of drug-likeness (QED) is 0.644. The summed E-state index contributed by atoms with van der Waals surface area (Å²) >= 11 is 0. The van der Waals surface area contributed by atoms with Gasteiger partial charge in [0.1, 0.15) is 0 Å². The van der Waals surface area contributed by atoms with Gasteiger partial charge < -0.3 is 9.84 Å². The zero-order valence-electron chi connectivity index (χ0n) is 7.24. The number of esters is 1. The van der Waals surface area contributed by atoms with Crippen LogP contribution in [-0.2, 0) is 14.3 Å². The molecule has 1 rings (SSSR count). The molecule has 0 bridgehead atoms. The Morgan fingerprint density at radius 3 is 2.23 bits per heavy atom. The number of allylic oxidation sites excluding steroid dienone is 2. The van der Waals surface area contributed by atoms with Gasteiger partial charge in [-0.3, -0.25) is 0 Å². The lowest BCUT2D eigenvalue weighted by Gasteiger charge is -2.08. The number of aliphatic carboxylic acids is 1. The van der Waals surface area contributed by atoms with E-state index in [1.807, 2.05) is 0 Å². The monoisotopic (exact) mass is 182 g/mol. The number of carbonyl (C=O) groups excluding carboxylic acids is 1. The van der Waals surface area contributed by atoms with E-state index in [1.165, 1.54) is 13.2 Å². The van der Waals surface area contributed by atoms with Crippen LogP contribution >= 0.6 is 0 Å². The van der Waals surface area contributed by atoms with E-state index in [-0.39, 0.29) is 5.97 Å². The van der Waals surface area contributed by atoms with Gasteiger partial charge in [-0.1, -0.05) is 12.2 Å². The van der Waals surface area contributed by atoms with E-state index in [1.54, 1.807) is 6.08 Å². The maximum absolute atomic E-state index is 11.0. The van der Waals surface area contributed by atoms with Crippen molar-refractivity contribution in [3.8, 4) is 0 Å². The molecule has 0 heterocycles. The molecule has 13 heavy (non-hydrogen) atoms. The SMILES string of the molecule is COC(=O)C1=CCC(C(=O)O)=CC1. The summed E-state index contributed by atoms with van der Waals surface area (Å²) in [4.78, 5) is 21.5. The van der Waals surface area contributed by atoms with Crippen LogP contribution in [0.3, 0.4) is 0 Å². The average molecular weight is 182 g/mol. The molecule has 0 aromatic rings. The van der Waals surface area contributed by atoms with Gasteiger partial charge in [0.25, 0.3) is 0 Å². The van der Waals surface area contributed by atoms with Gasteiger partial charge in [-0.15, -0.1) is 0 Å². The molecule has 0 fully saturated rings. The number of hydrogen-bond donors (Lipinski definition) is 1. The number of carbonyl (C=O) groups is 2. The summed E-state index contributed by atoms with van der Waals surface area (Å²) in [5, 5.41) is 8.61. The van der Waals surface area contributed by atoms with Gasteiger partial charge in [0.15, 0.2) is 0 Å². The maximum atomic E-state index is 11.0. The molecule has 0 amide bonds. The summed E-state index contributed by atoms with van der Waals surface area (Å²) in [5.74, 6) is -1.32. The standard InChI is InChI=1S/C9H10O4/c1-13-9(12)7-4-2-6(3-5-7)8(10)11/h2,5H,3-4H2,1H3,(H,10,11). The summed E-state index contributed by atoms with van der Waals surface area (Å²) in [6.07, 6.45) is 3.76. The van der Waals surface area contributed by atoms with Gasteiger partial charge in [-0.2, -0.15) is 0 Å². The average Bonchev–Trinajstić information content (AvgIpc) is 2.17. The number of ether oxygens (including phenoxy) is 1. The minimum atomic E-state index is -0.930. The molecule has 4 heteroatoms. The summed E-state index contributed by atoms with van der Waals surface area (Å²) < 4.78 is 4.50. The lowest BCUT2D eigenvalue weighted by molar-refractivity contribution is -0.136. The Hall–Kier alpha value is -1.58. The highest BCUT2D eigenvalue weighted by Crippen LogP contribution is 2.18. The fourth-order valence-electron chi connectivity index (χ4n) is 1.11. The van der Waals surface area contributed by atoms with Crippen molar-refractivity contribution in [2.75, 3.05) is 7.11 Å². The molecule has 0 spiro atoms. The van der Waals surface area contributed by atoms with Crippen LogP contribution in [0.15, 0.2) is 23.3 Å². The molecule has 0 saturated heterocycles. The molecule has 70 valence electrons. The molecule has 1 aliphatic carbocycles. The van der Waals surface area contributed by atoms with Crippen LogP contribution in [0.25, 0.3) is 0 Å². The van der Waals surface area contributed by atoms with E-state index in [0.29, 0.717) is 24.0 Å². The van der Waals surface area contributed by atoms with Crippen LogP contribution in [0.1, 0.15) is 12.8 Å². The maximum Gasteiger partial charge on any atom is 0.333 e. The third kappa shape index (κ3) is 2.18. The summed E-state index contributed by atoms with van der Waals surface area (Å²) in [5.41, 5.74) is 0.847. The zero-order chi connectivity index (χ0) is 9.84. The third-order valence-corrected chi connectivity index (χ3v) is 1.86. The predicted molar refractivity (Wildman–Crippen MR) is 45.1 cm³/mol. The second-order valence-electron chi connectivity index (χ2n) is 2.66. The Labute approximate surface area is 75.5 Å². The second-order valence-corrected chi connectivity index (χ2v) is 2.66. The van der Waals surface area contributed by atoms with Crippen LogP contribution in [-0.4, -0.2) is 24.2 Å². The van der Waals surface area contributed by atoms with Crippen LogP contribution in [0.4, 0.5) is 0 Å². The molecule has 4 nitrogen and oxygen atoms in total. The Kier molecular flexibility index (Phi) is 2.84. The van der Waals surface area contributed by atoms with Crippen molar-refractivity contribution in [3.05, 3.63) is 23.3 Å². The van der Waals surface area contributed by atoms with Gasteiger partial charge in [0, 0.05) is 11.1 Å². The highest BCUT2D eigenvalue weighted by molar-refractivity contribution is 5.92. The Balaban J connectivity index is 2.63. The molecular formula is C9H10O4. The lowest BCUT2D eigenvalue weighted by Crippen LogP contribution is -2.09. The van der Waals surface area contributed by atoms with Crippen LogP contribution in [0.5, 0.6) is 0 Å². The van der Waals surface area contributed by atoms with Crippen LogP contribution in [0, 0.1) is 0 Å². The zero-order valence-corrected chi connectivity index (χ0v) is 7.24. The van der Waals surface area contributed by atoms with Crippen molar-refractivity contribution in [1.29, 1.82) is 0 Å². The van der Waals surface area contributed by atoms with Crippen LogP contribution < -0.4 is 0 Å². The number of methoxy groups -OCH3 is 1. The molecule has 0 aliphatic heterocycles. The summed E-state index contributed by atoms with van der Waals surface area (Å²) in [6, 6.07) is 0. The van der Waals surface area contributed by atoms with Crippen molar-refractivity contribution in [1.82, 2.24) is 0 Å². The summed E-state index contributed by atoms with van der Waals surface area (Å²) in [7, 11) is 1.31. The van der Waals surface area contributed by atoms with Gasteiger partial charge in [0.2, 0.25) is 0 Å². The Morgan fingerprint density at radius 1 is 1.31 bits per heavy atom. The van der Waals surface area contributed by atoms with Gasteiger partial charge in [-0.25, -0.2) is 9.59 Å². The van der Waals surface area contributed by atoms with Gasteiger partial charge >= 0.3 is 11.9 Å². The molecule has 1 N–H and O–H groups in total. The molecule has 1 aliphatic rings. The Bertz CT molecular complexity index is 299. The van der Waals surface area contributed by atoms with Crippen molar-refractivity contribution in [3.63, 3.8) is 0 Å². The van der Waals surface area contributed by atoms with E-state index < -0.39 is 5.97 Å². The van der Waals surface area contributed by atoms with E-state index in [9.17, 15) is 9.59 Å². The molecule has 0 radical (unpaired) electrons. The van der Waals surface area contributed by atoms with Crippen LogP contribution in [0.2, 0.25) is 0 Å². The molecule has 0 aromatic carbocycles. The molecule has 0 aromatic heterocycles. The minimum absolute atomic E-state index is 0.291. The Morgan fingerprint density at radius 2 is 1.85 bits per heavy atom. The van der Waals surface area contributed by atoms with Crippen molar-refractivity contribution in [2.24, 2.45) is 0 Å². The molecular weight excluding hydrogens is 172 g/mol. The largest absolute Gasteiger partial charge is 0.478 e. The van der Waals surface area contributed by atoms with Crippen molar-refractivity contribution >= 4 is 11.9 Å².